The van der Waals surface area contributed by atoms with Gasteiger partial charge in [0.05, 0.1) is 24.6 Å². The maximum atomic E-state index is 12.1. The Kier molecular flexibility index (Phi) is 10.3. The highest BCUT2D eigenvalue weighted by molar-refractivity contribution is 7.86. The molecule has 0 fully saturated rings. The highest BCUT2D eigenvalue weighted by Gasteiger charge is 2.18. The van der Waals surface area contributed by atoms with Gasteiger partial charge in [-0.25, -0.2) is 0 Å². The van der Waals surface area contributed by atoms with Gasteiger partial charge in [0, 0.05) is 0 Å². The molecule has 12 nitrogen and oxygen atoms in total. The van der Waals surface area contributed by atoms with Gasteiger partial charge in [-0.1, -0.05) is 24.3 Å². The second kappa shape index (κ2) is 14.1. The molecule has 0 heterocycles. The Morgan fingerprint density at radius 2 is 0.932 bits per heavy atom. The van der Waals surface area contributed by atoms with Crippen LogP contribution in [0.15, 0.2) is 115 Å². The minimum absolute atomic E-state index is 0.0885. The van der Waals surface area contributed by atoms with Crippen molar-refractivity contribution in [2.24, 2.45) is 20.5 Å². The summed E-state index contributed by atoms with van der Waals surface area (Å²) >= 11 is 0. The van der Waals surface area contributed by atoms with Crippen LogP contribution in [0.5, 0.6) is 11.5 Å². The van der Waals surface area contributed by atoms with E-state index in [0.29, 0.717) is 47.2 Å². The van der Waals surface area contributed by atoms with Gasteiger partial charge < -0.3 is 9.47 Å². The second-order valence-corrected chi connectivity index (χ2v) is 11.8. The molecule has 0 spiro atoms. The van der Waals surface area contributed by atoms with Crippen molar-refractivity contribution in [1.82, 2.24) is 0 Å². The smallest absolute Gasteiger partial charge is 0.296 e. The molecule has 0 saturated heterocycles. The Morgan fingerprint density at radius 3 is 1.25 bits per heavy atom. The van der Waals surface area contributed by atoms with Crippen molar-refractivity contribution in [2.45, 2.75) is 23.6 Å². The molecule has 4 aromatic carbocycles. The summed E-state index contributed by atoms with van der Waals surface area (Å²) in [5.74, 6) is 1.29. The van der Waals surface area contributed by atoms with E-state index in [1.165, 1.54) is 36.4 Å². The van der Waals surface area contributed by atoms with E-state index in [1.807, 2.05) is 13.8 Å². The summed E-state index contributed by atoms with van der Waals surface area (Å²) in [6.45, 7) is 4.72. The summed E-state index contributed by atoms with van der Waals surface area (Å²) in [5, 5.41) is 16.0. The van der Waals surface area contributed by atoms with E-state index < -0.39 is 30.0 Å². The van der Waals surface area contributed by atoms with Gasteiger partial charge in [-0.2, -0.15) is 27.1 Å². The maximum Gasteiger partial charge on any atom is 0.296 e. The van der Waals surface area contributed by atoms with E-state index in [-0.39, 0.29) is 11.4 Å². The summed E-state index contributed by atoms with van der Waals surface area (Å²) in [6.07, 6.45) is 2.98. The normalized spacial score (nSPS) is 12.4. The summed E-state index contributed by atoms with van der Waals surface area (Å²) in [7, 11) is -9.35. The molecule has 14 heteroatoms. The van der Waals surface area contributed by atoms with E-state index >= 15 is 0 Å². The number of ether oxygens (including phenoxy) is 2. The van der Waals surface area contributed by atoms with Crippen molar-refractivity contribution in [3.63, 3.8) is 0 Å². The third kappa shape index (κ3) is 8.87. The Morgan fingerprint density at radius 1 is 0.568 bits per heavy atom. The Bertz CT molecular complexity index is 1780. The predicted octanol–water partition coefficient (Wildman–Crippen LogP) is 7.98. The number of nitrogens with zero attached hydrogens (tertiary/aromatic N) is 4. The van der Waals surface area contributed by atoms with Gasteiger partial charge in [-0.3, -0.25) is 9.11 Å². The first kappa shape index (κ1) is 32.2. The van der Waals surface area contributed by atoms with Crippen molar-refractivity contribution >= 4 is 55.1 Å². The van der Waals surface area contributed by atoms with Crippen LogP contribution in [0.25, 0.3) is 12.2 Å². The van der Waals surface area contributed by atoms with E-state index in [2.05, 4.69) is 20.5 Å². The predicted molar refractivity (Wildman–Crippen MR) is 165 cm³/mol. The lowest BCUT2D eigenvalue weighted by molar-refractivity contribution is 0.340. The van der Waals surface area contributed by atoms with E-state index in [4.69, 9.17) is 9.47 Å². The lowest BCUT2D eigenvalue weighted by Crippen LogP contribution is -1.99. The van der Waals surface area contributed by atoms with E-state index in [0.717, 1.165) is 0 Å². The van der Waals surface area contributed by atoms with Crippen molar-refractivity contribution in [2.75, 3.05) is 13.2 Å². The lowest BCUT2D eigenvalue weighted by atomic mass is 10.1. The maximum absolute atomic E-state index is 12.1. The number of azo groups is 2. The monoisotopic (exact) mass is 636 g/mol. The Balaban J connectivity index is 1.58. The highest BCUT2D eigenvalue weighted by atomic mass is 32.2. The topological polar surface area (TPSA) is 177 Å². The molecule has 0 aliphatic heterocycles. The first-order valence-corrected chi connectivity index (χ1v) is 16.0. The fraction of sp³-hybridized carbons (Fsp3) is 0.133. The van der Waals surface area contributed by atoms with Crippen LogP contribution in [0, 0.1) is 0 Å². The fourth-order valence-electron chi connectivity index (χ4n) is 3.81. The average Bonchev–Trinajstić information content (AvgIpc) is 2.99. The molecule has 0 aliphatic rings. The molecule has 0 aliphatic carbocycles. The molecule has 0 aromatic heterocycles. The molecule has 2 N–H and O–H groups in total. The van der Waals surface area contributed by atoms with Crippen LogP contribution in [0.2, 0.25) is 0 Å². The van der Waals surface area contributed by atoms with Gasteiger partial charge in [0.25, 0.3) is 20.2 Å². The molecule has 228 valence electrons. The molecular weight excluding hydrogens is 608 g/mol. The van der Waals surface area contributed by atoms with Gasteiger partial charge >= 0.3 is 0 Å². The summed E-state index contributed by atoms with van der Waals surface area (Å²) in [5.41, 5.74) is 1.41. The average molecular weight is 637 g/mol. The number of hydrogen-bond donors (Lipinski definition) is 2. The summed E-state index contributed by atoms with van der Waals surface area (Å²) in [4.78, 5) is -0.948. The molecule has 0 unspecified atom stereocenters. The van der Waals surface area contributed by atoms with Crippen LogP contribution in [0.3, 0.4) is 0 Å². The van der Waals surface area contributed by atoms with E-state index in [9.17, 15) is 25.9 Å². The van der Waals surface area contributed by atoms with Gasteiger partial charge in [-0.15, -0.1) is 10.2 Å². The first-order valence-electron chi connectivity index (χ1n) is 13.2. The minimum Gasteiger partial charge on any atom is -0.494 e. The second-order valence-electron chi connectivity index (χ2n) is 8.99. The standard InChI is InChI=1S/C30H28N4O8S2/c1-3-41-25-13-9-23(10-14-25)31-33-27-17-7-21(19-29(27)43(35,36)37)5-6-22-8-18-28(30(20-22)44(38,39)40)34-32-24-11-15-26(16-12-24)42-4-2/h5-20H,3-4H2,1-2H3,(H,35,36,37)(H,38,39,40)/b6-5-,33-31?,34-32?. The third-order valence-corrected chi connectivity index (χ3v) is 7.60. The molecule has 44 heavy (non-hydrogen) atoms. The molecule has 4 rings (SSSR count). The largest absolute Gasteiger partial charge is 0.494 e. The molecule has 4 aromatic rings. The zero-order valence-corrected chi connectivity index (χ0v) is 25.2. The summed E-state index contributed by atoms with van der Waals surface area (Å²) in [6, 6.07) is 21.6. The third-order valence-electron chi connectivity index (χ3n) is 5.83. The Labute approximate surface area is 254 Å². The zero-order chi connectivity index (χ0) is 31.7. The molecule has 0 bridgehead atoms. The first-order chi connectivity index (χ1) is 21.0. The van der Waals surface area contributed by atoms with Crippen LogP contribution in [-0.4, -0.2) is 39.2 Å². The van der Waals surface area contributed by atoms with Crippen molar-refractivity contribution in [3.05, 3.63) is 96.1 Å². The Hall–Kier alpha value is -4.76. The van der Waals surface area contributed by atoms with Crippen LogP contribution in [-0.2, 0) is 20.2 Å². The minimum atomic E-state index is -4.67. The summed E-state index contributed by atoms with van der Waals surface area (Å²) < 4.78 is 78.8. The number of benzene rings is 4. The highest BCUT2D eigenvalue weighted by Crippen LogP contribution is 2.31. The molecule has 0 amide bonds. The van der Waals surface area contributed by atoms with Crippen LogP contribution >= 0.6 is 0 Å². The fourth-order valence-corrected chi connectivity index (χ4v) is 5.13. The van der Waals surface area contributed by atoms with Gasteiger partial charge in [0.2, 0.25) is 0 Å². The van der Waals surface area contributed by atoms with Crippen molar-refractivity contribution < 1.29 is 35.4 Å². The molecular formula is C30H28N4O8S2. The molecule has 0 saturated carbocycles. The van der Waals surface area contributed by atoms with Crippen LogP contribution < -0.4 is 9.47 Å². The van der Waals surface area contributed by atoms with Gasteiger partial charge in [0.15, 0.2) is 0 Å². The van der Waals surface area contributed by atoms with E-state index in [1.54, 1.807) is 60.7 Å². The quantitative estimate of drug-likeness (QED) is 0.0893. The zero-order valence-electron chi connectivity index (χ0n) is 23.6. The van der Waals surface area contributed by atoms with Gasteiger partial charge in [-0.05, 0) is 97.8 Å². The lowest BCUT2D eigenvalue weighted by Gasteiger charge is -2.05. The number of rotatable bonds is 12. The van der Waals surface area contributed by atoms with Gasteiger partial charge in [0.1, 0.15) is 32.7 Å². The van der Waals surface area contributed by atoms with Crippen molar-refractivity contribution in [3.8, 4) is 11.5 Å². The SMILES string of the molecule is CCOc1ccc(N=Nc2ccc(/C=C\c3ccc(N=Nc4ccc(OCC)cc4)c(S(=O)(=O)O)c3)cc2S(=O)(=O)O)cc1. The van der Waals surface area contributed by atoms with Crippen LogP contribution in [0.1, 0.15) is 25.0 Å². The van der Waals surface area contributed by atoms with Crippen LogP contribution in [0.4, 0.5) is 22.7 Å². The number of hydrogen-bond acceptors (Lipinski definition) is 10. The molecule has 0 atom stereocenters. The molecule has 0 radical (unpaired) electrons. The van der Waals surface area contributed by atoms with Crippen molar-refractivity contribution in [1.29, 1.82) is 0 Å².